The molecule has 0 unspecified atom stereocenters. The molecule has 0 aliphatic heterocycles. The number of para-hydroxylation sites is 1. The van der Waals surface area contributed by atoms with Crippen molar-refractivity contribution >= 4 is 35.0 Å². The maximum absolute atomic E-state index is 12.5. The van der Waals surface area contributed by atoms with Crippen molar-refractivity contribution in [2.75, 3.05) is 5.32 Å². The smallest absolute Gasteiger partial charge is 0.237 e. The summed E-state index contributed by atoms with van der Waals surface area (Å²) >= 11 is 7.42. The molecule has 0 heterocycles. The van der Waals surface area contributed by atoms with Crippen LogP contribution in [-0.4, -0.2) is 11.2 Å². The van der Waals surface area contributed by atoms with Crippen molar-refractivity contribution in [1.29, 1.82) is 0 Å². The van der Waals surface area contributed by atoms with Crippen LogP contribution in [-0.2, 0) is 4.79 Å². The van der Waals surface area contributed by atoms with Crippen molar-refractivity contribution in [3.63, 3.8) is 0 Å². The first-order chi connectivity index (χ1) is 11.0. The van der Waals surface area contributed by atoms with Crippen molar-refractivity contribution in [1.82, 2.24) is 0 Å². The summed E-state index contributed by atoms with van der Waals surface area (Å²) in [5, 5.41) is 3.59. The number of benzene rings is 2. The molecule has 0 radical (unpaired) electrons. The van der Waals surface area contributed by atoms with E-state index in [0.29, 0.717) is 10.9 Å². The summed E-state index contributed by atoms with van der Waals surface area (Å²) in [6.07, 6.45) is 1.04. The third kappa shape index (κ3) is 5.02. The van der Waals surface area contributed by atoms with Crippen molar-refractivity contribution in [3.8, 4) is 0 Å². The largest absolute Gasteiger partial charge is 0.325 e. The van der Waals surface area contributed by atoms with E-state index >= 15 is 0 Å². The molecule has 2 nitrogen and oxygen atoms in total. The third-order valence-corrected chi connectivity index (χ3v) is 5.22. The summed E-state index contributed by atoms with van der Waals surface area (Å²) in [6, 6.07) is 15.6. The number of rotatable bonds is 6. The van der Waals surface area contributed by atoms with Crippen molar-refractivity contribution in [2.24, 2.45) is 0 Å². The highest BCUT2D eigenvalue weighted by Crippen LogP contribution is 2.29. The molecule has 23 heavy (non-hydrogen) atoms. The summed E-state index contributed by atoms with van der Waals surface area (Å²) < 4.78 is 0. The summed E-state index contributed by atoms with van der Waals surface area (Å²) in [5.74, 6) is 0.437. The Labute approximate surface area is 147 Å². The Bertz CT molecular complexity index is 657. The Morgan fingerprint density at radius 3 is 2.43 bits per heavy atom. The summed E-state index contributed by atoms with van der Waals surface area (Å²) in [7, 11) is 0. The molecular weight excluding hydrogens is 326 g/mol. The molecule has 0 aliphatic rings. The lowest BCUT2D eigenvalue weighted by molar-refractivity contribution is -0.115. The average molecular weight is 348 g/mol. The standard InChI is InChI=1S/C19H22ClNOS/c1-4-13(2)17-7-5-6-8-18(17)21-19(22)14(3)23-16-11-9-15(20)10-12-16/h5-14H,4H2,1-3H3,(H,21,22)/t13-,14+/m1/s1. The topological polar surface area (TPSA) is 29.1 Å². The predicted octanol–water partition coefficient (Wildman–Crippen LogP) is 5.97. The molecule has 122 valence electrons. The van der Waals surface area contributed by atoms with E-state index in [0.717, 1.165) is 17.0 Å². The van der Waals surface area contributed by atoms with Gasteiger partial charge in [0.1, 0.15) is 0 Å². The van der Waals surface area contributed by atoms with E-state index < -0.39 is 0 Å². The van der Waals surface area contributed by atoms with Crippen LogP contribution in [0.4, 0.5) is 5.69 Å². The molecule has 2 aromatic carbocycles. The van der Waals surface area contributed by atoms with E-state index in [4.69, 9.17) is 11.6 Å². The van der Waals surface area contributed by atoms with Gasteiger partial charge >= 0.3 is 0 Å². The lowest BCUT2D eigenvalue weighted by Crippen LogP contribution is -2.23. The van der Waals surface area contributed by atoms with Gasteiger partial charge in [-0.3, -0.25) is 4.79 Å². The molecule has 0 fully saturated rings. The Kier molecular flexibility index (Phi) is 6.55. The highest BCUT2D eigenvalue weighted by atomic mass is 35.5. The molecule has 0 aliphatic carbocycles. The van der Waals surface area contributed by atoms with Gasteiger partial charge in [0.15, 0.2) is 0 Å². The minimum Gasteiger partial charge on any atom is -0.325 e. The van der Waals surface area contributed by atoms with E-state index in [1.54, 1.807) is 0 Å². The second-order valence-electron chi connectivity index (χ2n) is 5.60. The number of anilines is 1. The number of hydrogen-bond acceptors (Lipinski definition) is 2. The monoisotopic (exact) mass is 347 g/mol. The molecule has 2 rings (SSSR count). The predicted molar refractivity (Wildman–Crippen MR) is 101 cm³/mol. The fraction of sp³-hybridized carbons (Fsp3) is 0.316. The second kappa shape index (κ2) is 8.42. The number of thioether (sulfide) groups is 1. The van der Waals surface area contributed by atoms with Crippen LogP contribution in [0, 0.1) is 0 Å². The van der Waals surface area contributed by atoms with Crippen LogP contribution in [0.2, 0.25) is 5.02 Å². The van der Waals surface area contributed by atoms with Gasteiger partial charge in [-0.25, -0.2) is 0 Å². The van der Waals surface area contributed by atoms with Gasteiger partial charge in [-0.2, -0.15) is 0 Å². The molecule has 2 aromatic rings. The number of carbonyl (C=O) groups excluding carboxylic acids is 1. The molecular formula is C19H22ClNOS. The number of nitrogens with one attached hydrogen (secondary N) is 1. The summed E-state index contributed by atoms with van der Waals surface area (Å²) in [6.45, 7) is 6.25. The van der Waals surface area contributed by atoms with E-state index in [9.17, 15) is 4.79 Å². The van der Waals surface area contributed by atoms with Gasteiger partial charge in [0.05, 0.1) is 5.25 Å². The number of amides is 1. The van der Waals surface area contributed by atoms with Crippen LogP contribution in [0.15, 0.2) is 53.4 Å². The molecule has 0 saturated carbocycles. The molecule has 4 heteroatoms. The molecule has 0 aromatic heterocycles. The van der Waals surface area contributed by atoms with Crippen LogP contribution >= 0.6 is 23.4 Å². The maximum Gasteiger partial charge on any atom is 0.237 e. The van der Waals surface area contributed by atoms with E-state index in [2.05, 4.69) is 25.2 Å². The Morgan fingerprint density at radius 1 is 1.13 bits per heavy atom. The molecule has 0 saturated heterocycles. The zero-order chi connectivity index (χ0) is 16.8. The maximum atomic E-state index is 12.5. The normalized spacial score (nSPS) is 13.4. The van der Waals surface area contributed by atoms with Gasteiger partial charge in [-0.1, -0.05) is 43.6 Å². The second-order valence-corrected chi connectivity index (χ2v) is 7.45. The van der Waals surface area contributed by atoms with Crippen LogP contribution in [0.25, 0.3) is 0 Å². The van der Waals surface area contributed by atoms with Crippen LogP contribution in [0.5, 0.6) is 0 Å². The van der Waals surface area contributed by atoms with E-state index in [-0.39, 0.29) is 11.2 Å². The Morgan fingerprint density at radius 2 is 1.78 bits per heavy atom. The fourth-order valence-electron chi connectivity index (χ4n) is 2.27. The first-order valence-corrected chi connectivity index (χ1v) is 9.09. The third-order valence-electron chi connectivity index (χ3n) is 3.86. The zero-order valence-corrected chi connectivity index (χ0v) is 15.2. The van der Waals surface area contributed by atoms with Gasteiger partial charge in [-0.15, -0.1) is 11.8 Å². The number of carbonyl (C=O) groups is 1. The molecule has 0 spiro atoms. The van der Waals surface area contributed by atoms with Crippen LogP contribution in [0.1, 0.15) is 38.7 Å². The summed E-state index contributed by atoms with van der Waals surface area (Å²) in [5.41, 5.74) is 2.10. The first-order valence-electron chi connectivity index (χ1n) is 7.83. The van der Waals surface area contributed by atoms with Gasteiger partial charge in [0, 0.05) is 15.6 Å². The number of halogens is 1. The quantitative estimate of drug-likeness (QED) is 0.652. The first kappa shape index (κ1) is 17.9. The molecule has 1 amide bonds. The molecule has 2 atom stereocenters. The van der Waals surface area contributed by atoms with Crippen LogP contribution in [0.3, 0.4) is 0 Å². The minimum atomic E-state index is -0.179. The van der Waals surface area contributed by atoms with Gasteiger partial charge in [0.25, 0.3) is 0 Å². The molecule has 1 N–H and O–H groups in total. The SMILES string of the molecule is CC[C@@H](C)c1ccccc1NC(=O)[C@H](C)Sc1ccc(Cl)cc1. The van der Waals surface area contributed by atoms with Crippen LogP contribution < -0.4 is 5.32 Å². The van der Waals surface area contributed by atoms with Crippen molar-refractivity contribution in [3.05, 3.63) is 59.1 Å². The average Bonchev–Trinajstić information content (AvgIpc) is 2.56. The Balaban J connectivity index is 2.05. The van der Waals surface area contributed by atoms with Gasteiger partial charge < -0.3 is 5.32 Å². The minimum absolute atomic E-state index is 0.0145. The van der Waals surface area contributed by atoms with E-state index in [1.807, 2.05) is 49.4 Å². The van der Waals surface area contributed by atoms with Gasteiger partial charge in [0.2, 0.25) is 5.91 Å². The zero-order valence-electron chi connectivity index (χ0n) is 13.7. The fourth-order valence-corrected chi connectivity index (χ4v) is 3.26. The lowest BCUT2D eigenvalue weighted by atomic mass is 9.97. The van der Waals surface area contributed by atoms with Crippen molar-refractivity contribution < 1.29 is 4.79 Å². The summed E-state index contributed by atoms with van der Waals surface area (Å²) in [4.78, 5) is 13.5. The highest BCUT2D eigenvalue weighted by Gasteiger charge is 2.17. The lowest BCUT2D eigenvalue weighted by Gasteiger charge is -2.17. The highest BCUT2D eigenvalue weighted by molar-refractivity contribution is 8.00. The molecule has 0 bridgehead atoms. The number of hydrogen-bond donors (Lipinski definition) is 1. The van der Waals surface area contributed by atoms with Crippen molar-refractivity contribution in [2.45, 2.75) is 43.3 Å². The van der Waals surface area contributed by atoms with Gasteiger partial charge in [-0.05, 0) is 55.2 Å². The van der Waals surface area contributed by atoms with E-state index in [1.165, 1.54) is 17.3 Å². The Hall–Kier alpha value is -1.45.